The summed E-state index contributed by atoms with van der Waals surface area (Å²) in [5, 5.41) is 2.82. The third-order valence-electron chi connectivity index (χ3n) is 4.79. The van der Waals surface area contributed by atoms with Crippen molar-refractivity contribution in [3.63, 3.8) is 0 Å². The van der Waals surface area contributed by atoms with Gasteiger partial charge in [0, 0.05) is 11.3 Å². The highest BCUT2D eigenvalue weighted by molar-refractivity contribution is 7.92. The summed E-state index contributed by atoms with van der Waals surface area (Å²) in [5.74, 6) is 1.06. The van der Waals surface area contributed by atoms with E-state index in [1.54, 1.807) is 48.5 Å². The molecule has 1 aliphatic heterocycles. The van der Waals surface area contributed by atoms with Gasteiger partial charge in [-0.05, 0) is 55.5 Å². The van der Waals surface area contributed by atoms with Crippen molar-refractivity contribution in [3.8, 4) is 11.5 Å². The van der Waals surface area contributed by atoms with Crippen LogP contribution >= 0.6 is 0 Å². The summed E-state index contributed by atoms with van der Waals surface area (Å²) in [6.45, 7) is 2.52. The fourth-order valence-corrected chi connectivity index (χ4v) is 4.15. The van der Waals surface area contributed by atoms with E-state index in [4.69, 9.17) is 9.47 Å². The maximum atomic E-state index is 12.5. The Labute approximate surface area is 181 Å². The second kappa shape index (κ2) is 8.69. The molecule has 1 heterocycles. The molecule has 1 amide bonds. The zero-order valence-corrected chi connectivity index (χ0v) is 17.7. The fraction of sp³-hybridized carbons (Fsp3) is 0.174. The van der Waals surface area contributed by atoms with Gasteiger partial charge in [0.2, 0.25) is 0 Å². The van der Waals surface area contributed by atoms with Gasteiger partial charge in [-0.3, -0.25) is 9.52 Å². The van der Waals surface area contributed by atoms with Crippen molar-refractivity contribution < 1.29 is 22.7 Å². The Morgan fingerprint density at radius 3 is 2.35 bits per heavy atom. The molecule has 4 rings (SSSR count). The van der Waals surface area contributed by atoms with Gasteiger partial charge in [-0.25, -0.2) is 8.42 Å². The van der Waals surface area contributed by atoms with Crippen LogP contribution in [0.5, 0.6) is 11.5 Å². The van der Waals surface area contributed by atoms with Gasteiger partial charge in [0.25, 0.3) is 15.9 Å². The van der Waals surface area contributed by atoms with E-state index in [2.05, 4.69) is 10.0 Å². The zero-order valence-electron chi connectivity index (χ0n) is 16.9. The number of benzene rings is 3. The van der Waals surface area contributed by atoms with Crippen molar-refractivity contribution in [1.29, 1.82) is 0 Å². The molecule has 0 spiro atoms. The van der Waals surface area contributed by atoms with Gasteiger partial charge >= 0.3 is 0 Å². The number of nitrogens with one attached hydrogen (secondary N) is 2. The van der Waals surface area contributed by atoms with Gasteiger partial charge in [-0.15, -0.1) is 0 Å². The average molecular weight is 439 g/mol. The molecule has 1 aliphatic rings. The van der Waals surface area contributed by atoms with Crippen LogP contribution in [-0.2, 0) is 10.0 Å². The summed E-state index contributed by atoms with van der Waals surface area (Å²) >= 11 is 0. The molecule has 3 aromatic rings. The van der Waals surface area contributed by atoms with Crippen molar-refractivity contribution in [2.24, 2.45) is 0 Å². The first kappa shape index (κ1) is 20.7. The molecule has 1 atom stereocenters. The van der Waals surface area contributed by atoms with Crippen molar-refractivity contribution in [1.82, 2.24) is 5.32 Å². The topological polar surface area (TPSA) is 93.7 Å². The van der Waals surface area contributed by atoms with Gasteiger partial charge in [0.1, 0.15) is 12.7 Å². The van der Waals surface area contributed by atoms with Gasteiger partial charge in [0.15, 0.2) is 11.5 Å². The van der Waals surface area contributed by atoms with E-state index in [0.29, 0.717) is 29.4 Å². The standard InChI is InChI=1S/C23H22N2O5S/c1-16-6-12-20(13-7-16)31(27,28)25-18-10-8-17(9-11-18)23(26)24-14-19-15-29-21-4-2-3-5-22(21)30-19/h2-13,19,25H,14-15H2,1H3,(H,24,26)/t19-/m1/s1. The molecule has 8 heteroatoms. The molecule has 31 heavy (non-hydrogen) atoms. The van der Waals surface area contributed by atoms with E-state index in [1.807, 2.05) is 31.2 Å². The van der Waals surface area contributed by atoms with Crippen molar-refractivity contribution in [2.45, 2.75) is 17.9 Å². The molecule has 160 valence electrons. The lowest BCUT2D eigenvalue weighted by Crippen LogP contribution is -2.40. The van der Waals surface area contributed by atoms with Gasteiger partial charge in [0.05, 0.1) is 11.4 Å². The predicted molar refractivity (Wildman–Crippen MR) is 117 cm³/mol. The summed E-state index contributed by atoms with van der Waals surface area (Å²) in [5.41, 5.74) is 1.76. The molecule has 0 saturated heterocycles. The van der Waals surface area contributed by atoms with E-state index in [0.717, 1.165) is 5.56 Å². The van der Waals surface area contributed by atoms with Crippen molar-refractivity contribution in [2.75, 3.05) is 17.9 Å². The minimum atomic E-state index is -3.69. The molecule has 0 unspecified atom stereocenters. The number of rotatable bonds is 6. The molecule has 0 saturated carbocycles. The van der Waals surface area contributed by atoms with Crippen molar-refractivity contribution >= 4 is 21.6 Å². The highest BCUT2D eigenvalue weighted by Crippen LogP contribution is 2.30. The van der Waals surface area contributed by atoms with Crippen molar-refractivity contribution in [3.05, 3.63) is 83.9 Å². The fourth-order valence-electron chi connectivity index (χ4n) is 3.09. The summed E-state index contributed by atoms with van der Waals surface area (Å²) in [4.78, 5) is 12.6. The molecule has 0 bridgehead atoms. The smallest absolute Gasteiger partial charge is 0.261 e. The second-order valence-corrected chi connectivity index (χ2v) is 8.89. The number of ether oxygens (including phenoxy) is 2. The van der Waals surface area contributed by atoms with Gasteiger partial charge in [-0.2, -0.15) is 0 Å². The van der Waals surface area contributed by atoms with Crippen LogP contribution in [0.1, 0.15) is 15.9 Å². The summed E-state index contributed by atoms with van der Waals surface area (Å²) in [6.07, 6.45) is -0.292. The maximum Gasteiger partial charge on any atom is 0.261 e. The monoisotopic (exact) mass is 438 g/mol. The molecule has 0 radical (unpaired) electrons. The van der Waals surface area contributed by atoms with Crippen LogP contribution < -0.4 is 19.5 Å². The first-order valence-electron chi connectivity index (χ1n) is 9.77. The van der Waals surface area contributed by atoms with Gasteiger partial charge < -0.3 is 14.8 Å². The average Bonchev–Trinajstić information content (AvgIpc) is 2.78. The summed E-state index contributed by atoms with van der Waals surface area (Å²) in [7, 11) is -3.69. The summed E-state index contributed by atoms with van der Waals surface area (Å²) in [6, 6.07) is 20.2. The lowest BCUT2D eigenvalue weighted by molar-refractivity contribution is 0.0789. The number of anilines is 1. The third kappa shape index (κ3) is 4.97. The van der Waals surface area contributed by atoms with Crippen LogP contribution in [0.15, 0.2) is 77.7 Å². The normalized spacial score (nSPS) is 15.2. The lowest BCUT2D eigenvalue weighted by atomic mass is 10.2. The number of hydrogen-bond acceptors (Lipinski definition) is 5. The molecule has 0 fully saturated rings. The number of amides is 1. The number of carbonyl (C=O) groups excluding carboxylic acids is 1. The Morgan fingerprint density at radius 1 is 0.968 bits per heavy atom. The van der Waals surface area contributed by atoms with Crippen LogP contribution in [0.4, 0.5) is 5.69 Å². The van der Waals surface area contributed by atoms with Crippen LogP contribution in [0.3, 0.4) is 0 Å². The molecule has 7 nitrogen and oxygen atoms in total. The largest absolute Gasteiger partial charge is 0.486 e. The number of fused-ring (bicyclic) bond motifs is 1. The number of carbonyl (C=O) groups is 1. The van der Waals surface area contributed by atoms with Crippen LogP contribution in [0.25, 0.3) is 0 Å². The highest BCUT2D eigenvalue weighted by Gasteiger charge is 2.21. The van der Waals surface area contributed by atoms with Crippen LogP contribution in [-0.4, -0.2) is 33.6 Å². The Kier molecular flexibility index (Phi) is 5.81. The van der Waals surface area contributed by atoms with E-state index in [9.17, 15) is 13.2 Å². The molecule has 0 aliphatic carbocycles. The highest BCUT2D eigenvalue weighted by atomic mass is 32.2. The first-order valence-corrected chi connectivity index (χ1v) is 11.3. The van der Waals surface area contributed by atoms with Crippen LogP contribution in [0.2, 0.25) is 0 Å². The SMILES string of the molecule is Cc1ccc(S(=O)(=O)Nc2ccc(C(=O)NC[C@@H]3COc4ccccc4O3)cc2)cc1. The Bertz CT molecular complexity index is 1180. The molecule has 0 aromatic heterocycles. The number of hydrogen-bond donors (Lipinski definition) is 2. The van der Waals surface area contributed by atoms with E-state index in [-0.39, 0.29) is 23.5 Å². The van der Waals surface area contributed by atoms with E-state index in [1.165, 1.54) is 0 Å². The number of para-hydroxylation sites is 2. The van der Waals surface area contributed by atoms with E-state index < -0.39 is 10.0 Å². The number of sulfonamides is 1. The Hall–Kier alpha value is -3.52. The quantitative estimate of drug-likeness (QED) is 0.616. The molecular weight excluding hydrogens is 416 g/mol. The van der Waals surface area contributed by atoms with Gasteiger partial charge in [-0.1, -0.05) is 29.8 Å². The molecule has 2 N–H and O–H groups in total. The minimum absolute atomic E-state index is 0.177. The number of aryl methyl sites for hydroxylation is 1. The van der Waals surface area contributed by atoms with Crippen LogP contribution in [0, 0.1) is 6.92 Å². The molecular formula is C23H22N2O5S. The summed E-state index contributed by atoms with van der Waals surface area (Å²) < 4.78 is 38.9. The maximum absolute atomic E-state index is 12.5. The third-order valence-corrected chi connectivity index (χ3v) is 6.19. The zero-order chi connectivity index (χ0) is 21.8. The lowest BCUT2D eigenvalue weighted by Gasteiger charge is -2.26. The Morgan fingerprint density at radius 2 is 1.65 bits per heavy atom. The second-order valence-electron chi connectivity index (χ2n) is 7.20. The first-order chi connectivity index (χ1) is 14.9. The minimum Gasteiger partial charge on any atom is -0.486 e. The van der Waals surface area contributed by atoms with E-state index >= 15 is 0 Å². The predicted octanol–water partition coefficient (Wildman–Crippen LogP) is 3.37. The Balaban J connectivity index is 1.33. The molecule has 3 aromatic carbocycles.